The quantitative estimate of drug-likeness (QED) is 0.317. The summed E-state index contributed by atoms with van der Waals surface area (Å²) in [4.78, 5) is 33.3. The van der Waals surface area contributed by atoms with Crippen LogP contribution in [0.5, 0.6) is 0 Å². The minimum Gasteiger partial charge on any atom is -0.478 e. The molecule has 1 aromatic carbocycles. The molecule has 0 atom stereocenters. The summed E-state index contributed by atoms with van der Waals surface area (Å²) < 4.78 is 2.30. The number of thiophene rings is 1. The predicted octanol–water partition coefficient (Wildman–Crippen LogP) is 5.03. The van der Waals surface area contributed by atoms with Crippen LogP contribution in [0.3, 0.4) is 0 Å². The fourth-order valence-electron chi connectivity index (χ4n) is 4.78. The fraction of sp³-hybridized carbons (Fsp3) is 0.375. The number of rotatable bonds is 7. The largest absolute Gasteiger partial charge is 0.478 e. The second kappa shape index (κ2) is 9.95. The van der Waals surface area contributed by atoms with E-state index in [1.54, 1.807) is 10.6 Å². The third-order valence-electron chi connectivity index (χ3n) is 6.75. The van der Waals surface area contributed by atoms with E-state index in [1.165, 1.54) is 47.6 Å². The number of aromatic carboxylic acids is 1. The van der Waals surface area contributed by atoms with Gasteiger partial charge in [-0.15, -0.1) is 21.5 Å². The summed E-state index contributed by atoms with van der Waals surface area (Å²) in [5, 5.41) is 23.1. The summed E-state index contributed by atoms with van der Waals surface area (Å²) >= 11 is 15.4. The minimum atomic E-state index is -1.14. The Hall–Kier alpha value is -2.57. The first-order chi connectivity index (χ1) is 17.9. The molecule has 0 radical (unpaired) electrons. The number of nitrogens with zero attached hydrogens (tertiary/aromatic N) is 5. The third-order valence-corrected chi connectivity index (χ3v) is 9.36. The van der Waals surface area contributed by atoms with Gasteiger partial charge in [-0.2, -0.15) is 0 Å². The number of benzene rings is 1. The smallest absolute Gasteiger partial charge is 0.337 e. The van der Waals surface area contributed by atoms with Crippen LogP contribution >= 0.6 is 45.9 Å². The molecule has 3 aromatic heterocycles. The first-order valence-corrected chi connectivity index (χ1v) is 14.3. The Kier molecular flexibility index (Phi) is 6.66. The van der Waals surface area contributed by atoms with Gasteiger partial charge < -0.3 is 19.9 Å². The van der Waals surface area contributed by atoms with E-state index in [1.807, 2.05) is 6.07 Å². The molecule has 1 saturated heterocycles. The van der Waals surface area contributed by atoms with E-state index in [-0.39, 0.29) is 35.4 Å². The van der Waals surface area contributed by atoms with Gasteiger partial charge >= 0.3 is 5.97 Å². The van der Waals surface area contributed by atoms with Gasteiger partial charge in [0, 0.05) is 25.2 Å². The molecule has 1 aliphatic carbocycles. The van der Waals surface area contributed by atoms with Crippen molar-refractivity contribution in [3.8, 4) is 9.88 Å². The molecule has 0 unspecified atom stereocenters. The molecule has 2 aliphatic rings. The first-order valence-electron chi connectivity index (χ1n) is 11.9. The Bertz CT molecular complexity index is 1500. The summed E-state index contributed by atoms with van der Waals surface area (Å²) in [6, 6.07) is 7.34. The highest BCUT2D eigenvalue weighted by Gasteiger charge is 2.33. The molecule has 4 aromatic rings. The van der Waals surface area contributed by atoms with E-state index in [2.05, 4.69) is 25.4 Å². The van der Waals surface area contributed by atoms with Crippen LogP contribution in [0.4, 0.5) is 0 Å². The number of carboxylic acids is 1. The molecular formula is C24H22Cl2N6O3S2. The van der Waals surface area contributed by atoms with Crippen LogP contribution < -0.4 is 5.32 Å². The molecule has 2 N–H and O–H groups in total. The number of imidazole rings is 1. The molecule has 37 heavy (non-hydrogen) atoms. The molecular weight excluding hydrogens is 555 g/mol. The first kappa shape index (κ1) is 24.7. The zero-order chi connectivity index (χ0) is 25.7. The number of likely N-dealkylation sites (tertiary alicyclic amines) is 1. The van der Waals surface area contributed by atoms with Gasteiger partial charge in [-0.05, 0) is 49.9 Å². The Morgan fingerprint density at radius 1 is 1.05 bits per heavy atom. The Balaban J connectivity index is 1.33. The van der Waals surface area contributed by atoms with Crippen molar-refractivity contribution in [1.82, 2.24) is 30.0 Å². The molecule has 192 valence electrons. The lowest BCUT2D eigenvalue weighted by atomic mass is 10.0. The van der Waals surface area contributed by atoms with Crippen LogP contribution in [0.2, 0.25) is 9.36 Å². The topological polar surface area (TPSA) is 113 Å². The van der Waals surface area contributed by atoms with Crippen LogP contribution in [-0.4, -0.2) is 66.8 Å². The maximum absolute atomic E-state index is 13.5. The SMILES string of the molecule is O=C(O)c1ccc(Cl)c2c1nc(C(=O)NC1CCN(C3CC3)CC1)n2Cc1nnc(-c2ccc(Cl)s2)s1. The normalized spacial score (nSPS) is 16.9. The van der Waals surface area contributed by atoms with Gasteiger partial charge in [0.1, 0.15) is 10.5 Å². The number of halogens is 2. The van der Waals surface area contributed by atoms with Crippen molar-refractivity contribution in [2.45, 2.75) is 44.3 Å². The Labute approximate surface area is 230 Å². The molecule has 0 spiro atoms. The molecule has 2 fully saturated rings. The Morgan fingerprint density at radius 3 is 2.51 bits per heavy atom. The highest BCUT2D eigenvalue weighted by atomic mass is 35.5. The van der Waals surface area contributed by atoms with Crippen LogP contribution in [-0.2, 0) is 6.54 Å². The monoisotopic (exact) mass is 576 g/mol. The lowest BCUT2D eigenvalue weighted by Gasteiger charge is -2.32. The van der Waals surface area contributed by atoms with Gasteiger partial charge in [-0.25, -0.2) is 9.78 Å². The summed E-state index contributed by atoms with van der Waals surface area (Å²) in [6.07, 6.45) is 4.26. The van der Waals surface area contributed by atoms with Crippen LogP contribution in [0, 0.1) is 0 Å². The molecule has 9 nitrogen and oxygen atoms in total. The maximum Gasteiger partial charge on any atom is 0.337 e. The number of carbonyl (C=O) groups excluding carboxylic acids is 1. The van der Waals surface area contributed by atoms with E-state index < -0.39 is 5.97 Å². The second-order valence-electron chi connectivity index (χ2n) is 9.24. The van der Waals surface area contributed by atoms with E-state index in [9.17, 15) is 14.7 Å². The summed E-state index contributed by atoms with van der Waals surface area (Å²) in [5.41, 5.74) is 0.533. The van der Waals surface area contributed by atoms with Crippen molar-refractivity contribution >= 4 is 68.8 Å². The second-order valence-corrected chi connectivity index (χ2v) is 12.4. The average molecular weight is 578 g/mol. The molecule has 1 aliphatic heterocycles. The van der Waals surface area contributed by atoms with Crippen molar-refractivity contribution in [1.29, 1.82) is 0 Å². The fourth-order valence-corrected chi connectivity index (χ4v) is 6.95. The van der Waals surface area contributed by atoms with Crippen molar-refractivity contribution in [3.63, 3.8) is 0 Å². The predicted molar refractivity (Wildman–Crippen MR) is 144 cm³/mol. The van der Waals surface area contributed by atoms with Gasteiger partial charge in [0.25, 0.3) is 5.91 Å². The van der Waals surface area contributed by atoms with Crippen LogP contribution in [0.15, 0.2) is 24.3 Å². The lowest BCUT2D eigenvalue weighted by molar-refractivity contribution is 0.0698. The average Bonchev–Trinajstić information content (AvgIpc) is 3.27. The number of piperidine rings is 1. The van der Waals surface area contributed by atoms with Gasteiger partial charge in [0.05, 0.1) is 31.9 Å². The third kappa shape index (κ3) is 4.98. The molecule has 4 heterocycles. The van der Waals surface area contributed by atoms with Crippen molar-refractivity contribution in [2.24, 2.45) is 0 Å². The number of carboxylic acid groups (broad SMARTS) is 1. The molecule has 13 heteroatoms. The lowest BCUT2D eigenvalue weighted by Crippen LogP contribution is -2.45. The van der Waals surface area contributed by atoms with Crippen LogP contribution in [0.25, 0.3) is 20.9 Å². The summed E-state index contributed by atoms with van der Waals surface area (Å²) in [5.74, 6) is -1.40. The Morgan fingerprint density at radius 2 is 1.84 bits per heavy atom. The number of nitrogens with one attached hydrogen (secondary N) is 1. The molecule has 1 saturated carbocycles. The maximum atomic E-state index is 13.5. The summed E-state index contributed by atoms with van der Waals surface area (Å²) in [7, 11) is 0. The van der Waals surface area contributed by atoms with Gasteiger partial charge in [0.15, 0.2) is 10.8 Å². The number of fused-ring (bicyclic) bond motifs is 1. The van der Waals surface area contributed by atoms with Gasteiger partial charge in [-0.1, -0.05) is 34.5 Å². The van der Waals surface area contributed by atoms with E-state index in [0.29, 0.717) is 30.9 Å². The van der Waals surface area contributed by atoms with Crippen molar-refractivity contribution in [2.75, 3.05) is 13.1 Å². The number of carbonyl (C=O) groups is 2. The van der Waals surface area contributed by atoms with Gasteiger partial charge in [0.2, 0.25) is 0 Å². The molecule has 6 rings (SSSR count). The highest BCUT2D eigenvalue weighted by Crippen LogP contribution is 2.34. The van der Waals surface area contributed by atoms with E-state index in [0.717, 1.165) is 30.8 Å². The number of hydrogen-bond donors (Lipinski definition) is 2. The van der Waals surface area contributed by atoms with Crippen molar-refractivity contribution < 1.29 is 14.7 Å². The minimum absolute atomic E-state index is 0.0175. The number of amides is 1. The summed E-state index contributed by atoms with van der Waals surface area (Å²) in [6.45, 7) is 2.08. The zero-order valence-electron chi connectivity index (χ0n) is 19.5. The molecule has 0 bridgehead atoms. The number of hydrogen-bond acceptors (Lipinski definition) is 8. The zero-order valence-corrected chi connectivity index (χ0v) is 22.6. The van der Waals surface area contributed by atoms with E-state index in [4.69, 9.17) is 23.2 Å². The highest BCUT2D eigenvalue weighted by molar-refractivity contribution is 7.23. The molecule has 1 amide bonds. The van der Waals surface area contributed by atoms with Gasteiger partial charge in [-0.3, -0.25) is 4.79 Å². The van der Waals surface area contributed by atoms with E-state index >= 15 is 0 Å². The van der Waals surface area contributed by atoms with Crippen molar-refractivity contribution in [3.05, 3.63) is 50.0 Å². The standard InChI is InChI=1S/C24H22Cl2N6O3S2/c25-15-4-3-14(24(34)35)19-20(15)32(11-18-29-30-23(37-18)16-5-6-17(26)36-16)21(28-19)22(33)27-12-7-9-31(10-8-12)13-1-2-13/h3-6,12-13H,1-2,7-11H2,(H,27,33)(H,34,35). The number of aromatic nitrogens is 4. The van der Waals surface area contributed by atoms with Crippen LogP contribution in [0.1, 0.15) is 51.7 Å².